The Morgan fingerprint density at radius 2 is 1.94 bits per heavy atom. The van der Waals surface area contributed by atoms with Crippen LogP contribution in [0.15, 0.2) is 33.2 Å². The van der Waals surface area contributed by atoms with E-state index in [0.29, 0.717) is 0 Å². The minimum atomic E-state index is -0.244. The van der Waals surface area contributed by atoms with Crippen LogP contribution in [0, 0.1) is 19.7 Å². The Morgan fingerprint density at radius 1 is 1.22 bits per heavy atom. The van der Waals surface area contributed by atoms with Crippen molar-refractivity contribution in [3.05, 3.63) is 57.2 Å². The maximum absolute atomic E-state index is 13.4. The van der Waals surface area contributed by atoms with Gasteiger partial charge in [-0.3, -0.25) is 0 Å². The molecule has 0 saturated carbocycles. The summed E-state index contributed by atoms with van der Waals surface area (Å²) in [6.45, 7) is 3.82. The molecule has 2 rings (SSSR count). The number of rotatable bonds is 3. The minimum absolute atomic E-state index is 0.0903. The molecule has 2 aromatic rings. The molecule has 0 aliphatic rings. The molecule has 1 heterocycles. The van der Waals surface area contributed by atoms with Crippen molar-refractivity contribution >= 4 is 15.9 Å². The van der Waals surface area contributed by atoms with E-state index in [2.05, 4.69) is 21.2 Å². The van der Waals surface area contributed by atoms with Crippen molar-refractivity contribution in [3.8, 4) is 0 Å². The number of hydrogen-bond acceptors (Lipinski definition) is 2. The fourth-order valence-electron chi connectivity index (χ4n) is 2.15. The lowest BCUT2D eigenvalue weighted by atomic mass is 9.99. The molecule has 1 unspecified atom stereocenters. The number of nitrogens with one attached hydrogen (secondary N) is 1. The largest absolute Gasteiger partial charge is 0.466 e. The molecule has 0 radical (unpaired) electrons. The molecule has 0 amide bonds. The standard InChI is InChI=1S/C14H15BrFNO/c1-8-6-11(9(2)18-8)14(17-3)12-7-10(16)4-5-13(12)15/h4-7,14,17H,1-3H3. The van der Waals surface area contributed by atoms with Crippen molar-refractivity contribution in [2.45, 2.75) is 19.9 Å². The van der Waals surface area contributed by atoms with Gasteiger partial charge in [-0.15, -0.1) is 0 Å². The van der Waals surface area contributed by atoms with E-state index in [1.54, 1.807) is 6.07 Å². The van der Waals surface area contributed by atoms with Gasteiger partial charge in [0.1, 0.15) is 17.3 Å². The van der Waals surface area contributed by atoms with Gasteiger partial charge in [-0.05, 0) is 50.7 Å². The SMILES string of the molecule is CNC(c1cc(F)ccc1Br)c1cc(C)oc1C. The van der Waals surface area contributed by atoms with Gasteiger partial charge in [-0.25, -0.2) is 4.39 Å². The molecule has 1 aromatic heterocycles. The van der Waals surface area contributed by atoms with Gasteiger partial charge in [0.05, 0.1) is 6.04 Å². The first-order valence-electron chi connectivity index (χ1n) is 5.72. The molecule has 0 aliphatic carbocycles. The van der Waals surface area contributed by atoms with Gasteiger partial charge in [-0.1, -0.05) is 15.9 Å². The molecule has 4 heteroatoms. The average molecular weight is 312 g/mol. The second-order valence-electron chi connectivity index (χ2n) is 4.26. The van der Waals surface area contributed by atoms with Crippen molar-refractivity contribution in [1.82, 2.24) is 5.32 Å². The van der Waals surface area contributed by atoms with E-state index in [4.69, 9.17) is 4.42 Å². The van der Waals surface area contributed by atoms with Crippen LogP contribution in [0.3, 0.4) is 0 Å². The molecular weight excluding hydrogens is 297 g/mol. The summed E-state index contributed by atoms with van der Waals surface area (Å²) >= 11 is 3.46. The van der Waals surface area contributed by atoms with E-state index in [1.807, 2.05) is 27.0 Å². The van der Waals surface area contributed by atoms with Crippen molar-refractivity contribution < 1.29 is 8.81 Å². The maximum atomic E-state index is 13.4. The molecule has 1 N–H and O–H groups in total. The molecule has 18 heavy (non-hydrogen) atoms. The first kappa shape index (κ1) is 13.3. The van der Waals surface area contributed by atoms with Crippen LogP contribution in [0.5, 0.6) is 0 Å². The zero-order valence-corrected chi connectivity index (χ0v) is 12.1. The average Bonchev–Trinajstić information content (AvgIpc) is 2.64. The third-order valence-electron chi connectivity index (χ3n) is 2.95. The van der Waals surface area contributed by atoms with Gasteiger partial charge in [0.2, 0.25) is 0 Å². The van der Waals surface area contributed by atoms with E-state index in [9.17, 15) is 4.39 Å². The highest BCUT2D eigenvalue weighted by Gasteiger charge is 2.20. The Morgan fingerprint density at radius 3 is 2.50 bits per heavy atom. The van der Waals surface area contributed by atoms with Gasteiger partial charge in [0, 0.05) is 10.0 Å². The molecule has 1 aromatic carbocycles. The third-order valence-corrected chi connectivity index (χ3v) is 3.67. The van der Waals surface area contributed by atoms with Crippen LogP contribution in [0.1, 0.15) is 28.7 Å². The van der Waals surface area contributed by atoms with Crippen LogP contribution in [0.25, 0.3) is 0 Å². The first-order valence-corrected chi connectivity index (χ1v) is 6.51. The topological polar surface area (TPSA) is 25.2 Å². The molecular formula is C14H15BrFNO. The quantitative estimate of drug-likeness (QED) is 0.923. The molecule has 1 atom stereocenters. The Hall–Kier alpha value is -1.13. The van der Waals surface area contributed by atoms with Crippen molar-refractivity contribution in [3.63, 3.8) is 0 Å². The van der Waals surface area contributed by atoms with E-state index < -0.39 is 0 Å². The normalized spacial score (nSPS) is 12.7. The summed E-state index contributed by atoms with van der Waals surface area (Å²) in [6.07, 6.45) is 0. The number of hydrogen-bond donors (Lipinski definition) is 1. The van der Waals surface area contributed by atoms with Gasteiger partial charge in [0.15, 0.2) is 0 Å². The van der Waals surface area contributed by atoms with Gasteiger partial charge < -0.3 is 9.73 Å². The summed E-state index contributed by atoms with van der Waals surface area (Å²) in [5, 5.41) is 3.20. The van der Waals surface area contributed by atoms with Crippen molar-refractivity contribution in [2.75, 3.05) is 7.05 Å². The van der Waals surface area contributed by atoms with Crippen LogP contribution in [0.2, 0.25) is 0 Å². The molecule has 0 aliphatic heterocycles. The molecule has 0 saturated heterocycles. The Kier molecular flexibility index (Phi) is 3.88. The summed E-state index contributed by atoms with van der Waals surface area (Å²) in [7, 11) is 1.85. The summed E-state index contributed by atoms with van der Waals surface area (Å²) in [4.78, 5) is 0. The summed E-state index contributed by atoms with van der Waals surface area (Å²) in [5.74, 6) is 1.46. The molecule has 0 bridgehead atoms. The Bertz CT molecular complexity index is 565. The first-order chi connectivity index (χ1) is 8.52. The van der Waals surface area contributed by atoms with Crippen molar-refractivity contribution in [1.29, 1.82) is 0 Å². The smallest absolute Gasteiger partial charge is 0.123 e. The molecule has 2 nitrogen and oxygen atoms in total. The van der Waals surface area contributed by atoms with E-state index in [1.165, 1.54) is 12.1 Å². The van der Waals surface area contributed by atoms with E-state index in [-0.39, 0.29) is 11.9 Å². The van der Waals surface area contributed by atoms with E-state index in [0.717, 1.165) is 27.1 Å². The van der Waals surface area contributed by atoms with Crippen LogP contribution in [0.4, 0.5) is 4.39 Å². The minimum Gasteiger partial charge on any atom is -0.466 e. The maximum Gasteiger partial charge on any atom is 0.123 e. The van der Waals surface area contributed by atoms with Gasteiger partial charge in [-0.2, -0.15) is 0 Å². The monoisotopic (exact) mass is 311 g/mol. The van der Waals surface area contributed by atoms with Gasteiger partial charge >= 0.3 is 0 Å². The lowest BCUT2D eigenvalue weighted by Gasteiger charge is -2.17. The second kappa shape index (κ2) is 5.24. The highest BCUT2D eigenvalue weighted by Crippen LogP contribution is 2.32. The number of furan rings is 1. The lowest BCUT2D eigenvalue weighted by molar-refractivity contribution is 0.496. The zero-order chi connectivity index (χ0) is 13.3. The predicted octanol–water partition coefficient (Wildman–Crippen LogP) is 4.11. The van der Waals surface area contributed by atoms with Gasteiger partial charge in [0.25, 0.3) is 0 Å². The fourth-order valence-corrected chi connectivity index (χ4v) is 2.63. The van der Waals surface area contributed by atoms with Crippen LogP contribution in [-0.4, -0.2) is 7.05 Å². The summed E-state index contributed by atoms with van der Waals surface area (Å²) < 4.78 is 19.8. The number of halogens is 2. The predicted molar refractivity (Wildman–Crippen MR) is 73.2 cm³/mol. The summed E-state index contributed by atoms with van der Waals surface area (Å²) in [6, 6.07) is 6.58. The van der Waals surface area contributed by atoms with Crippen LogP contribution in [-0.2, 0) is 0 Å². The fraction of sp³-hybridized carbons (Fsp3) is 0.286. The summed E-state index contributed by atoms with van der Waals surface area (Å²) in [5.41, 5.74) is 1.89. The number of aryl methyl sites for hydroxylation is 2. The third kappa shape index (κ3) is 2.49. The Labute approximate surface area is 114 Å². The van der Waals surface area contributed by atoms with Crippen molar-refractivity contribution in [2.24, 2.45) is 0 Å². The molecule has 96 valence electrons. The molecule has 0 fully saturated rings. The highest BCUT2D eigenvalue weighted by atomic mass is 79.9. The second-order valence-corrected chi connectivity index (χ2v) is 5.11. The zero-order valence-electron chi connectivity index (χ0n) is 10.6. The van der Waals surface area contributed by atoms with Crippen LogP contribution >= 0.6 is 15.9 Å². The highest BCUT2D eigenvalue weighted by molar-refractivity contribution is 9.10. The lowest BCUT2D eigenvalue weighted by Crippen LogP contribution is -2.18. The van der Waals surface area contributed by atoms with Crippen LogP contribution < -0.4 is 5.32 Å². The Balaban J connectivity index is 2.51. The van der Waals surface area contributed by atoms with E-state index >= 15 is 0 Å². The number of benzene rings is 1. The molecule has 0 spiro atoms.